The summed E-state index contributed by atoms with van der Waals surface area (Å²) in [5.41, 5.74) is 3.84. The Bertz CT molecular complexity index is 730. The molecule has 5 heteroatoms. The first-order valence-corrected chi connectivity index (χ1v) is 10.2. The maximum Gasteiger partial charge on any atom is 0.253 e. The van der Waals surface area contributed by atoms with Gasteiger partial charge in [-0.05, 0) is 44.9 Å². The molecule has 0 unspecified atom stereocenters. The van der Waals surface area contributed by atoms with Gasteiger partial charge in [-0.2, -0.15) is 0 Å². The number of hydrogen-bond acceptors (Lipinski definition) is 3. The first-order valence-electron chi connectivity index (χ1n) is 10.2. The lowest BCUT2D eigenvalue weighted by atomic mass is 10.1. The molecule has 27 heavy (non-hydrogen) atoms. The van der Waals surface area contributed by atoms with Gasteiger partial charge in [0.1, 0.15) is 0 Å². The fourth-order valence-electron chi connectivity index (χ4n) is 3.96. The van der Waals surface area contributed by atoms with Crippen LogP contribution in [-0.4, -0.2) is 34.6 Å². The molecule has 0 saturated heterocycles. The molecule has 0 aliphatic heterocycles. The number of amides is 1. The monoisotopic (exact) mass is 368 g/mol. The van der Waals surface area contributed by atoms with E-state index in [1.54, 1.807) is 6.20 Å². The molecule has 1 fully saturated rings. The summed E-state index contributed by atoms with van der Waals surface area (Å²) in [6, 6.07) is 8.52. The molecule has 146 valence electrons. The minimum atomic E-state index is 0.0121. The summed E-state index contributed by atoms with van der Waals surface area (Å²) in [7, 11) is 0. The summed E-state index contributed by atoms with van der Waals surface area (Å²) in [5, 5.41) is 6.67. The standard InChI is InChI=1S/C22H32N4O/c1-17-15-21(18(2)26(17)16-20-11-7-8-12-23-20)22(27)25-14-13-24-19-9-5-3-4-6-10-19/h7-8,11-12,15,19,24H,3-6,9-10,13-14,16H2,1-2H3,(H,25,27). The van der Waals surface area contributed by atoms with Crippen molar-refractivity contribution in [2.24, 2.45) is 0 Å². The minimum absolute atomic E-state index is 0.0121. The van der Waals surface area contributed by atoms with Crippen molar-refractivity contribution in [3.05, 3.63) is 53.1 Å². The van der Waals surface area contributed by atoms with Gasteiger partial charge in [0.25, 0.3) is 5.91 Å². The molecule has 0 spiro atoms. The minimum Gasteiger partial charge on any atom is -0.351 e. The Morgan fingerprint density at radius 1 is 1.15 bits per heavy atom. The third-order valence-corrected chi connectivity index (χ3v) is 5.56. The number of carbonyl (C=O) groups excluding carboxylic acids is 1. The molecule has 2 heterocycles. The highest BCUT2D eigenvalue weighted by molar-refractivity contribution is 5.95. The summed E-state index contributed by atoms with van der Waals surface area (Å²) in [6.45, 7) is 6.24. The molecule has 1 aliphatic rings. The van der Waals surface area contributed by atoms with Crippen LogP contribution in [0.2, 0.25) is 0 Å². The molecule has 2 N–H and O–H groups in total. The first kappa shape index (κ1) is 19.6. The lowest BCUT2D eigenvalue weighted by molar-refractivity contribution is 0.0952. The van der Waals surface area contributed by atoms with Crippen LogP contribution < -0.4 is 10.6 Å². The third-order valence-electron chi connectivity index (χ3n) is 5.56. The quantitative estimate of drug-likeness (QED) is 0.580. The second-order valence-electron chi connectivity index (χ2n) is 7.59. The average Bonchev–Trinajstić information content (AvgIpc) is 2.86. The van der Waals surface area contributed by atoms with Crippen LogP contribution in [0.25, 0.3) is 0 Å². The summed E-state index contributed by atoms with van der Waals surface area (Å²) in [5.74, 6) is 0.0121. The Balaban J connectivity index is 1.51. The SMILES string of the molecule is Cc1cc(C(=O)NCCNC2CCCCCC2)c(C)n1Cc1ccccn1. The Morgan fingerprint density at radius 3 is 2.63 bits per heavy atom. The molecule has 0 aromatic carbocycles. The van der Waals surface area contributed by atoms with Crippen molar-refractivity contribution in [1.82, 2.24) is 20.2 Å². The van der Waals surface area contributed by atoms with E-state index in [4.69, 9.17) is 0 Å². The predicted octanol–water partition coefficient (Wildman–Crippen LogP) is 3.59. The molecule has 2 aromatic heterocycles. The normalized spacial score (nSPS) is 15.5. The number of aryl methyl sites for hydroxylation is 1. The number of carbonyl (C=O) groups is 1. The largest absolute Gasteiger partial charge is 0.351 e. The summed E-state index contributed by atoms with van der Waals surface area (Å²) < 4.78 is 2.15. The lowest BCUT2D eigenvalue weighted by Crippen LogP contribution is -2.37. The molecule has 0 radical (unpaired) electrons. The second kappa shape index (κ2) is 9.70. The fourth-order valence-corrected chi connectivity index (χ4v) is 3.96. The topological polar surface area (TPSA) is 59.0 Å². The Hall–Kier alpha value is -2.14. The van der Waals surface area contributed by atoms with Crippen LogP contribution in [0.5, 0.6) is 0 Å². The Morgan fingerprint density at radius 2 is 1.93 bits per heavy atom. The van der Waals surface area contributed by atoms with Crippen LogP contribution >= 0.6 is 0 Å². The van der Waals surface area contributed by atoms with Crippen molar-refractivity contribution in [3.8, 4) is 0 Å². The van der Waals surface area contributed by atoms with Crippen molar-refractivity contribution in [2.75, 3.05) is 13.1 Å². The van der Waals surface area contributed by atoms with Gasteiger partial charge in [-0.15, -0.1) is 0 Å². The van der Waals surface area contributed by atoms with Gasteiger partial charge in [0.15, 0.2) is 0 Å². The van der Waals surface area contributed by atoms with Gasteiger partial charge >= 0.3 is 0 Å². The Labute approximate surface area is 162 Å². The molecular weight excluding hydrogens is 336 g/mol. The summed E-state index contributed by atoms with van der Waals surface area (Å²) in [4.78, 5) is 17.0. The predicted molar refractivity (Wildman–Crippen MR) is 109 cm³/mol. The van der Waals surface area contributed by atoms with Gasteiger partial charge in [-0.1, -0.05) is 31.7 Å². The number of hydrogen-bond donors (Lipinski definition) is 2. The van der Waals surface area contributed by atoms with E-state index in [0.29, 0.717) is 19.1 Å². The van der Waals surface area contributed by atoms with Crippen LogP contribution in [0, 0.1) is 13.8 Å². The number of nitrogens with one attached hydrogen (secondary N) is 2. The van der Waals surface area contributed by atoms with Gasteiger partial charge < -0.3 is 15.2 Å². The highest BCUT2D eigenvalue weighted by atomic mass is 16.1. The van der Waals surface area contributed by atoms with Crippen LogP contribution in [-0.2, 0) is 6.54 Å². The smallest absolute Gasteiger partial charge is 0.253 e. The molecular formula is C22H32N4O. The molecule has 1 aliphatic carbocycles. The van der Waals surface area contributed by atoms with Crippen molar-refractivity contribution in [1.29, 1.82) is 0 Å². The molecule has 0 atom stereocenters. The summed E-state index contributed by atoms with van der Waals surface area (Å²) in [6.07, 6.45) is 9.72. The van der Waals surface area contributed by atoms with E-state index >= 15 is 0 Å². The second-order valence-corrected chi connectivity index (χ2v) is 7.59. The zero-order valence-electron chi connectivity index (χ0n) is 16.6. The maximum atomic E-state index is 12.6. The van der Waals surface area contributed by atoms with E-state index in [0.717, 1.165) is 29.2 Å². The Kier molecular flexibility index (Phi) is 7.04. The van der Waals surface area contributed by atoms with E-state index in [2.05, 4.69) is 20.2 Å². The molecule has 1 saturated carbocycles. The van der Waals surface area contributed by atoms with E-state index < -0.39 is 0 Å². The van der Waals surface area contributed by atoms with E-state index in [1.807, 2.05) is 38.1 Å². The molecule has 2 aromatic rings. The number of pyridine rings is 1. The van der Waals surface area contributed by atoms with E-state index in [1.165, 1.54) is 38.5 Å². The van der Waals surface area contributed by atoms with Crippen LogP contribution in [0.4, 0.5) is 0 Å². The highest BCUT2D eigenvalue weighted by Crippen LogP contribution is 2.18. The van der Waals surface area contributed by atoms with Crippen LogP contribution in [0.1, 0.15) is 66.0 Å². The lowest BCUT2D eigenvalue weighted by Gasteiger charge is -2.16. The van der Waals surface area contributed by atoms with E-state index in [9.17, 15) is 4.79 Å². The van der Waals surface area contributed by atoms with Gasteiger partial charge in [0, 0.05) is 36.7 Å². The molecule has 0 bridgehead atoms. The van der Waals surface area contributed by atoms with Crippen molar-refractivity contribution in [3.63, 3.8) is 0 Å². The molecule has 5 nitrogen and oxygen atoms in total. The van der Waals surface area contributed by atoms with Crippen molar-refractivity contribution < 1.29 is 4.79 Å². The maximum absolute atomic E-state index is 12.6. The fraction of sp³-hybridized carbons (Fsp3) is 0.545. The third kappa shape index (κ3) is 5.42. The zero-order valence-corrected chi connectivity index (χ0v) is 16.6. The number of aromatic nitrogens is 2. The van der Waals surface area contributed by atoms with Gasteiger partial charge in [-0.25, -0.2) is 0 Å². The van der Waals surface area contributed by atoms with Crippen LogP contribution in [0.3, 0.4) is 0 Å². The summed E-state index contributed by atoms with van der Waals surface area (Å²) >= 11 is 0. The molecule has 3 rings (SSSR count). The van der Waals surface area contributed by atoms with E-state index in [-0.39, 0.29) is 5.91 Å². The van der Waals surface area contributed by atoms with Crippen molar-refractivity contribution in [2.45, 2.75) is 65.0 Å². The first-order chi connectivity index (χ1) is 13.1. The van der Waals surface area contributed by atoms with Gasteiger partial charge in [-0.3, -0.25) is 9.78 Å². The van der Waals surface area contributed by atoms with Gasteiger partial charge in [0.2, 0.25) is 0 Å². The van der Waals surface area contributed by atoms with Crippen LogP contribution in [0.15, 0.2) is 30.5 Å². The zero-order chi connectivity index (χ0) is 19.1. The van der Waals surface area contributed by atoms with Crippen molar-refractivity contribution >= 4 is 5.91 Å². The van der Waals surface area contributed by atoms with Gasteiger partial charge in [0.05, 0.1) is 17.8 Å². The average molecular weight is 369 g/mol. The number of rotatable bonds is 7. The highest BCUT2D eigenvalue weighted by Gasteiger charge is 2.16. The number of nitrogens with zero attached hydrogens (tertiary/aromatic N) is 2. The molecule has 1 amide bonds.